The van der Waals surface area contributed by atoms with Crippen LogP contribution in [0.4, 0.5) is 0 Å². The number of aliphatic carboxylic acids is 1. The minimum absolute atomic E-state index is 0.00492. The van der Waals surface area contributed by atoms with Crippen LogP contribution in [0.5, 0.6) is 0 Å². The van der Waals surface area contributed by atoms with Gasteiger partial charge in [0.25, 0.3) is 0 Å². The van der Waals surface area contributed by atoms with Gasteiger partial charge in [0.1, 0.15) is 18.8 Å². The fourth-order valence-corrected chi connectivity index (χ4v) is 7.31. The smallest absolute Gasteiger partial charge is 0.335 e. The third-order valence-electron chi connectivity index (χ3n) is 11.4. The first-order valence-electron chi connectivity index (χ1n) is 26.9. The van der Waals surface area contributed by atoms with Gasteiger partial charge in [-0.3, -0.25) is 14.4 Å². The van der Waals surface area contributed by atoms with Crippen LogP contribution in [0.1, 0.15) is 188 Å². The summed E-state index contributed by atoms with van der Waals surface area (Å²) in [5, 5.41) is 31.3. The molecule has 12 heteroatoms. The van der Waals surface area contributed by atoms with Crippen LogP contribution in [-0.2, 0) is 42.9 Å². The molecule has 6 atom stereocenters. The summed E-state index contributed by atoms with van der Waals surface area (Å²) in [5.74, 6) is -3.36. The van der Waals surface area contributed by atoms with Crippen molar-refractivity contribution in [2.45, 2.75) is 225 Å². The van der Waals surface area contributed by atoms with Crippen LogP contribution >= 0.6 is 0 Å². The first-order chi connectivity index (χ1) is 34.6. The Morgan fingerprint density at radius 3 is 1.42 bits per heavy atom. The molecule has 0 aromatic carbocycles. The van der Waals surface area contributed by atoms with Crippen LogP contribution < -0.4 is 0 Å². The number of hydrogen-bond donors (Lipinski definition) is 3. The second kappa shape index (κ2) is 46.5. The molecule has 0 aromatic heterocycles. The number of carboxylic acid groups (broad SMARTS) is 1. The zero-order valence-electron chi connectivity index (χ0n) is 43.7. The van der Waals surface area contributed by atoms with Crippen LogP contribution in [-0.4, -0.2) is 89.2 Å². The first-order valence-corrected chi connectivity index (χ1v) is 26.9. The minimum atomic E-state index is -1.93. The summed E-state index contributed by atoms with van der Waals surface area (Å²) in [4.78, 5) is 50.8. The first kappa shape index (κ1) is 64.4. The SMILES string of the molecule is CC/C=C\C/C=C\C/C=C\C/C=C\C/C=C\CC(=O)OCC(COC1OC(C(=O)O)C(O)C(O)C1OC(=O)CCCC/C=C\C/C=C\C/C=C\C/C=C\CC)OC(=O)CCCCCCCCCCCCC. The number of ether oxygens (including phenoxy) is 5. The van der Waals surface area contributed by atoms with Gasteiger partial charge in [0, 0.05) is 12.8 Å². The van der Waals surface area contributed by atoms with E-state index in [1.165, 1.54) is 44.9 Å². The number of carboxylic acids is 1. The van der Waals surface area contributed by atoms with Gasteiger partial charge in [0.2, 0.25) is 0 Å². The Kier molecular flexibility index (Phi) is 42.1. The second-order valence-corrected chi connectivity index (χ2v) is 17.8. The summed E-state index contributed by atoms with van der Waals surface area (Å²) in [5.41, 5.74) is 0. The number of aliphatic hydroxyl groups is 2. The maximum absolute atomic E-state index is 13.1. The molecule has 1 heterocycles. The normalized spacial score (nSPS) is 19.4. The maximum atomic E-state index is 13.1. The molecule has 0 aromatic rings. The van der Waals surface area contributed by atoms with E-state index in [1.807, 2.05) is 12.2 Å². The zero-order valence-corrected chi connectivity index (χ0v) is 43.7. The van der Waals surface area contributed by atoms with E-state index < -0.39 is 67.3 Å². The third-order valence-corrected chi connectivity index (χ3v) is 11.4. The molecule has 1 fully saturated rings. The molecule has 71 heavy (non-hydrogen) atoms. The molecular formula is C59H92O12. The molecule has 12 nitrogen and oxygen atoms in total. The topological polar surface area (TPSA) is 175 Å². The molecule has 0 aliphatic carbocycles. The maximum Gasteiger partial charge on any atom is 0.335 e. The van der Waals surface area contributed by atoms with E-state index in [2.05, 4.69) is 112 Å². The number of carbonyl (C=O) groups excluding carboxylic acids is 3. The van der Waals surface area contributed by atoms with Crippen molar-refractivity contribution in [3.05, 3.63) is 109 Å². The van der Waals surface area contributed by atoms with Crippen molar-refractivity contribution in [1.29, 1.82) is 0 Å². The van der Waals surface area contributed by atoms with Gasteiger partial charge in [-0.1, -0.05) is 194 Å². The molecule has 400 valence electrons. The average Bonchev–Trinajstić information content (AvgIpc) is 3.35. The molecule has 0 radical (unpaired) electrons. The largest absolute Gasteiger partial charge is 0.479 e. The van der Waals surface area contributed by atoms with Gasteiger partial charge in [-0.05, 0) is 83.5 Å². The number of allylic oxidation sites excluding steroid dienone is 17. The predicted octanol–water partition coefficient (Wildman–Crippen LogP) is 13.1. The van der Waals surface area contributed by atoms with E-state index in [9.17, 15) is 34.5 Å². The van der Waals surface area contributed by atoms with Crippen molar-refractivity contribution in [3.8, 4) is 0 Å². The summed E-state index contributed by atoms with van der Waals surface area (Å²) in [6, 6.07) is 0. The number of aliphatic hydroxyl groups excluding tert-OH is 2. The van der Waals surface area contributed by atoms with Gasteiger partial charge < -0.3 is 39.0 Å². The van der Waals surface area contributed by atoms with E-state index in [0.717, 1.165) is 77.0 Å². The average molecular weight is 993 g/mol. The van der Waals surface area contributed by atoms with Crippen molar-refractivity contribution in [1.82, 2.24) is 0 Å². The highest BCUT2D eigenvalue weighted by Crippen LogP contribution is 2.26. The molecule has 1 rings (SSSR count). The quantitative estimate of drug-likeness (QED) is 0.0229. The molecule has 1 aliphatic rings. The Bertz CT molecular complexity index is 1650. The monoisotopic (exact) mass is 993 g/mol. The number of esters is 3. The zero-order chi connectivity index (χ0) is 51.8. The summed E-state index contributed by atoms with van der Waals surface area (Å²) in [7, 11) is 0. The molecule has 0 amide bonds. The minimum Gasteiger partial charge on any atom is -0.479 e. The Morgan fingerprint density at radius 1 is 0.493 bits per heavy atom. The Hall–Kier alpha value is -4.62. The summed E-state index contributed by atoms with van der Waals surface area (Å²) >= 11 is 0. The number of carbonyl (C=O) groups is 4. The number of hydrogen-bond acceptors (Lipinski definition) is 11. The van der Waals surface area contributed by atoms with Crippen LogP contribution in [0.2, 0.25) is 0 Å². The lowest BCUT2D eigenvalue weighted by atomic mass is 9.98. The van der Waals surface area contributed by atoms with Crippen molar-refractivity contribution in [3.63, 3.8) is 0 Å². The highest BCUT2D eigenvalue weighted by Gasteiger charge is 2.50. The molecule has 0 bridgehead atoms. The molecular weight excluding hydrogens is 901 g/mol. The van der Waals surface area contributed by atoms with Gasteiger partial charge in [-0.2, -0.15) is 0 Å². The lowest BCUT2D eigenvalue weighted by Crippen LogP contribution is -2.61. The van der Waals surface area contributed by atoms with Crippen LogP contribution in [0.3, 0.4) is 0 Å². The van der Waals surface area contributed by atoms with E-state index in [1.54, 1.807) is 6.08 Å². The Balaban J connectivity index is 2.80. The molecule has 0 saturated carbocycles. The second-order valence-electron chi connectivity index (χ2n) is 17.8. The van der Waals surface area contributed by atoms with E-state index in [-0.39, 0.29) is 25.9 Å². The van der Waals surface area contributed by atoms with Crippen LogP contribution in [0.15, 0.2) is 109 Å². The summed E-state index contributed by atoms with van der Waals surface area (Å²) in [6.07, 6.45) is 49.6. The van der Waals surface area contributed by atoms with Gasteiger partial charge in [0.15, 0.2) is 24.6 Å². The van der Waals surface area contributed by atoms with Crippen molar-refractivity contribution in [2.75, 3.05) is 13.2 Å². The van der Waals surface area contributed by atoms with Crippen molar-refractivity contribution in [2.24, 2.45) is 0 Å². The standard InChI is InChI=1S/C59H92O12/c1-4-7-10-13-16-19-22-24-26-28-31-33-36-39-42-45-51(60)67-48-50(69-52(61)46-43-40-37-34-30-21-18-15-12-9-6-3)49-68-59-57(55(64)54(63)56(71-59)58(65)66)70-53(62)47-44-41-38-35-32-29-27-25-23-20-17-14-11-8-5-2/h7-8,10-11,16-17,19-20,24-27,31-33,35,39,42,50,54-57,59,63-64H,4-6,9,12-15,18,21-23,28-30,34,36-38,40-41,43-49H2,1-3H3,(H,65,66)/b10-7-,11-8-,19-16-,20-17-,26-24-,27-25-,33-31-,35-32-,42-39-. The third kappa shape index (κ3) is 36.9. The fourth-order valence-electron chi connectivity index (χ4n) is 7.31. The van der Waals surface area contributed by atoms with E-state index in [0.29, 0.717) is 25.7 Å². The Labute approximate surface area is 427 Å². The van der Waals surface area contributed by atoms with Crippen LogP contribution in [0, 0.1) is 0 Å². The van der Waals surface area contributed by atoms with Crippen molar-refractivity contribution < 1.29 is 58.2 Å². The molecule has 6 unspecified atom stereocenters. The molecule has 0 spiro atoms. The van der Waals surface area contributed by atoms with E-state index >= 15 is 0 Å². The molecule has 1 aliphatic heterocycles. The lowest BCUT2D eigenvalue weighted by Gasteiger charge is -2.40. The van der Waals surface area contributed by atoms with E-state index in [4.69, 9.17) is 23.7 Å². The molecule has 1 saturated heterocycles. The van der Waals surface area contributed by atoms with Crippen LogP contribution in [0.25, 0.3) is 0 Å². The highest BCUT2D eigenvalue weighted by atomic mass is 16.7. The fraction of sp³-hybridized carbons (Fsp3) is 0.627. The number of unbranched alkanes of at least 4 members (excludes halogenated alkanes) is 12. The molecule has 3 N–H and O–H groups in total. The van der Waals surface area contributed by atoms with Gasteiger partial charge in [-0.15, -0.1) is 0 Å². The Morgan fingerprint density at radius 2 is 0.930 bits per heavy atom. The predicted molar refractivity (Wildman–Crippen MR) is 284 cm³/mol. The summed E-state index contributed by atoms with van der Waals surface area (Å²) in [6.45, 7) is 5.61. The van der Waals surface area contributed by atoms with Gasteiger partial charge >= 0.3 is 23.9 Å². The highest BCUT2D eigenvalue weighted by molar-refractivity contribution is 5.74. The van der Waals surface area contributed by atoms with Gasteiger partial charge in [-0.25, -0.2) is 4.79 Å². The van der Waals surface area contributed by atoms with Gasteiger partial charge in [0.05, 0.1) is 13.0 Å². The van der Waals surface area contributed by atoms with Crippen molar-refractivity contribution >= 4 is 23.9 Å². The summed E-state index contributed by atoms with van der Waals surface area (Å²) < 4.78 is 28.1. The lowest BCUT2D eigenvalue weighted by molar-refractivity contribution is -0.301. The number of rotatable bonds is 43.